The van der Waals surface area contributed by atoms with E-state index in [9.17, 15) is 13.6 Å². The Balaban J connectivity index is 0.00000220. The Morgan fingerprint density at radius 1 is 1.33 bits per heavy atom. The molecule has 0 fully saturated rings. The summed E-state index contributed by atoms with van der Waals surface area (Å²) in [6.45, 7) is -1.42. The molecule has 1 aliphatic rings. The van der Waals surface area contributed by atoms with Crippen LogP contribution in [0.15, 0.2) is 24.3 Å². The van der Waals surface area contributed by atoms with Gasteiger partial charge in [0.2, 0.25) is 5.91 Å². The minimum Gasteiger partial charge on any atom is -0.350 e. The largest absolute Gasteiger partial charge is 0.350 e. The fourth-order valence-corrected chi connectivity index (χ4v) is 2.58. The lowest BCUT2D eigenvalue weighted by molar-refractivity contribution is -0.123. The molecule has 3 nitrogen and oxygen atoms in total. The molecule has 21 heavy (non-hydrogen) atoms. The molecule has 0 heterocycles. The molecule has 0 radical (unpaired) electrons. The highest BCUT2D eigenvalue weighted by Crippen LogP contribution is 2.27. The molecule has 0 saturated carbocycles. The summed E-state index contributed by atoms with van der Waals surface area (Å²) in [5.41, 5.74) is 7.53. The Hall–Kier alpha value is -1.20. The molecule has 1 aliphatic carbocycles. The van der Waals surface area contributed by atoms with E-state index in [-0.39, 0.29) is 24.2 Å². The third kappa shape index (κ3) is 5.25. The lowest BCUT2D eigenvalue weighted by Gasteiger charge is -2.24. The average molecular weight is 319 g/mol. The van der Waals surface area contributed by atoms with Crippen LogP contribution in [0.2, 0.25) is 0 Å². The summed E-state index contributed by atoms with van der Waals surface area (Å²) in [7, 11) is 0. The predicted molar refractivity (Wildman–Crippen MR) is 80.8 cm³/mol. The van der Waals surface area contributed by atoms with E-state index in [1.54, 1.807) is 0 Å². The molecule has 1 atom stereocenters. The van der Waals surface area contributed by atoms with Crippen molar-refractivity contribution in [1.82, 2.24) is 5.32 Å². The van der Waals surface area contributed by atoms with Gasteiger partial charge in [0.15, 0.2) is 0 Å². The fraction of sp³-hybridized carbons (Fsp3) is 0.533. The van der Waals surface area contributed by atoms with Gasteiger partial charge in [-0.05, 0) is 36.3 Å². The molecule has 0 spiro atoms. The monoisotopic (exact) mass is 318 g/mol. The Labute approximate surface area is 129 Å². The van der Waals surface area contributed by atoms with Gasteiger partial charge in [0.05, 0.1) is 13.1 Å². The quantitative estimate of drug-likeness (QED) is 0.875. The van der Waals surface area contributed by atoms with Gasteiger partial charge in [-0.3, -0.25) is 4.79 Å². The van der Waals surface area contributed by atoms with Crippen molar-refractivity contribution in [3.05, 3.63) is 35.4 Å². The lowest BCUT2D eigenvalue weighted by atomic mass is 9.82. The molecule has 1 aromatic rings. The third-order valence-electron chi connectivity index (χ3n) is 3.77. The van der Waals surface area contributed by atoms with E-state index in [1.165, 1.54) is 11.1 Å². The van der Waals surface area contributed by atoms with Gasteiger partial charge in [-0.15, -0.1) is 12.4 Å². The second-order valence-electron chi connectivity index (χ2n) is 5.42. The number of fused-ring (bicyclic) bond motifs is 1. The molecule has 1 aromatic carbocycles. The molecule has 118 valence electrons. The van der Waals surface area contributed by atoms with E-state index >= 15 is 0 Å². The number of halogens is 3. The lowest BCUT2D eigenvalue weighted by Crippen LogP contribution is -2.42. The Bertz CT molecular complexity index is 482. The molecule has 0 aromatic heterocycles. The molecule has 0 saturated heterocycles. The van der Waals surface area contributed by atoms with Gasteiger partial charge in [-0.2, -0.15) is 0 Å². The molecular formula is C15H21ClF2N2O. The van der Waals surface area contributed by atoms with Crippen molar-refractivity contribution in [3.8, 4) is 0 Å². The number of alkyl halides is 2. The van der Waals surface area contributed by atoms with Crippen molar-refractivity contribution in [3.63, 3.8) is 0 Å². The van der Waals surface area contributed by atoms with Gasteiger partial charge in [0.25, 0.3) is 5.92 Å². The first-order valence-electron chi connectivity index (χ1n) is 6.91. The van der Waals surface area contributed by atoms with Gasteiger partial charge in [0, 0.05) is 6.42 Å². The zero-order valence-electron chi connectivity index (χ0n) is 11.8. The first-order valence-corrected chi connectivity index (χ1v) is 6.91. The van der Waals surface area contributed by atoms with Crippen molar-refractivity contribution in [2.45, 2.75) is 31.6 Å². The zero-order chi connectivity index (χ0) is 14.6. The van der Waals surface area contributed by atoms with Crippen molar-refractivity contribution in [2.75, 3.05) is 13.1 Å². The van der Waals surface area contributed by atoms with Crippen LogP contribution in [-0.2, 0) is 17.6 Å². The van der Waals surface area contributed by atoms with Crippen molar-refractivity contribution in [2.24, 2.45) is 11.7 Å². The molecular weight excluding hydrogens is 298 g/mol. The van der Waals surface area contributed by atoms with Gasteiger partial charge in [-0.1, -0.05) is 24.3 Å². The van der Waals surface area contributed by atoms with Crippen molar-refractivity contribution < 1.29 is 13.6 Å². The second kappa shape index (κ2) is 7.71. The summed E-state index contributed by atoms with van der Waals surface area (Å²) in [4.78, 5) is 11.7. The molecule has 3 N–H and O–H groups in total. The number of hydrogen-bond donors (Lipinski definition) is 2. The van der Waals surface area contributed by atoms with Crippen molar-refractivity contribution in [1.29, 1.82) is 0 Å². The van der Waals surface area contributed by atoms with Crippen LogP contribution in [0.25, 0.3) is 0 Å². The number of nitrogens with one attached hydrogen (secondary N) is 1. The highest BCUT2D eigenvalue weighted by Gasteiger charge is 2.28. The van der Waals surface area contributed by atoms with Gasteiger partial charge >= 0.3 is 0 Å². The van der Waals surface area contributed by atoms with Crippen LogP contribution < -0.4 is 11.1 Å². The first kappa shape index (κ1) is 17.9. The highest BCUT2D eigenvalue weighted by atomic mass is 35.5. The Morgan fingerprint density at radius 2 is 2.00 bits per heavy atom. The Kier molecular flexibility index (Phi) is 6.55. The average Bonchev–Trinajstić information content (AvgIpc) is 2.45. The van der Waals surface area contributed by atoms with Crippen LogP contribution in [0.5, 0.6) is 0 Å². The number of amides is 1. The van der Waals surface area contributed by atoms with Crippen LogP contribution in [0.3, 0.4) is 0 Å². The summed E-state index contributed by atoms with van der Waals surface area (Å²) in [6.07, 6.45) is 3.02. The maximum absolute atomic E-state index is 12.9. The minimum absolute atomic E-state index is 0. The highest BCUT2D eigenvalue weighted by molar-refractivity contribution is 5.85. The van der Waals surface area contributed by atoms with E-state index < -0.39 is 19.0 Å². The van der Waals surface area contributed by atoms with Gasteiger partial charge < -0.3 is 11.1 Å². The summed E-state index contributed by atoms with van der Waals surface area (Å²) in [6, 6.07) is 8.18. The summed E-state index contributed by atoms with van der Waals surface area (Å²) < 4.78 is 25.9. The maximum atomic E-state index is 12.9. The van der Waals surface area contributed by atoms with Crippen LogP contribution in [0.1, 0.15) is 24.0 Å². The molecule has 1 amide bonds. The van der Waals surface area contributed by atoms with Gasteiger partial charge in [-0.25, -0.2) is 8.78 Å². The van der Waals surface area contributed by atoms with Crippen LogP contribution >= 0.6 is 12.4 Å². The topological polar surface area (TPSA) is 55.1 Å². The fourth-order valence-electron chi connectivity index (χ4n) is 2.58. The number of benzene rings is 1. The first-order chi connectivity index (χ1) is 9.50. The van der Waals surface area contributed by atoms with E-state index in [1.807, 2.05) is 12.1 Å². The molecule has 2 rings (SSSR count). The number of rotatable bonds is 5. The zero-order valence-corrected chi connectivity index (χ0v) is 12.6. The van der Waals surface area contributed by atoms with Crippen LogP contribution in [0.4, 0.5) is 8.78 Å². The molecule has 0 aliphatic heterocycles. The van der Waals surface area contributed by atoms with E-state index in [4.69, 9.17) is 5.73 Å². The predicted octanol–water partition coefficient (Wildman–Crippen LogP) is 2.31. The number of carbonyl (C=O) groups excluding carboxylic acids is 1. The van der Waals surface area contributed by atoms with Gasteiger partial charge in [0.1, 0.15) is 0 Å². The van der Waals surface area contributed by atoms with E-state index in [0.29, 0.717) is 6.42 Å². The molecule has 1 unspecified atom stereocenters. The van der Waals surface area contributed by atoms with E-state index in [2.05, 4.69) is 17.4 Å². The number of carbonyl (C=O) groups is 1. The number of nitrogens with two attached hydrogens (primary N) is 1. The molecule has 0 bridgehead atoms. The Morgan fingerprint density at radius 3 is 2.67 bits per heavy atom. The second-order valence-corrected chi connectivity index (χ2v) is 5.42. The normalized spacial score (nSPS) is 17.6. The minimum atomic E-state index is -3.02. The smallest absolute Gasteiger partial charge is 0.277 e. The van der Waals surface area contributed by atoms with Crippen LogP contribution in [-0.4, -0.2) is 24.9 Å². The standard InChI is InChI=1S/C15H20F2N2O.ClH/c16-15(17,9-18)10-19-14(20)8-11-5-6-12-3-1-2-4-13(12)7-11;/h1-4,11H,5-10,18H2,(H,19,20);1H. The summed E-state index contributed by atoms with van der Waals surface area (Å²) >= 11 is 0. The van der Waals surface area contributed by atoms with Crippen molar-refractivity contribution >= 4 is 18.3 Å². The van der Waals surface area contributed by atoms with Crippen LogP contribution in [0, 0.1) is 5.92 Å². The number of aryl methyl sites for hydroxylation is 1. The summed E-state index contributed by atoms with van der Waals surface area (Å²) in [5, 5.41) is 2.28. The third-order valence-corrected chi connectivity index (χ3v) is 3.77. The maximum Gasteiger partial charge on any atom is 0.277 e. The van der Waals surface area contributed by atoms with E-state index in [0.717, 1.165) is 19.3 Å². The molecule has 6 heteroatoms. The number of hydrogen-bond acceptors (Lipinski definition) is 2. The SMILES string of the molecule is Cl.NCC(F)(F)CNC(=O)CC1CCc2ccccc2C1. The summed E-state index contributed by atoms with van der Waals surface area (Å²) in [5.74, 6) is -3.10.